The summed E-state index contributed by atoms with van der Waals surface area (Å²) >= 11 is 0. The van der Waals surface area contributed by atoms with Gasteiger partial charge in [0.25, 0.3) is 5.91 Å². The number of carbonyl (C=O) groups is 2. The van der Waals surface area contributed by atoms with Gasteiger partial charge in [-0.05, 0) is 55.2 Å². The third kappa shape index (κ3) is 6.08. The van der Waals surface area contributed by atoms with E-state index < -0.39 is 0 Å². The summed E-state index contributed by atoms with van der Waals surface area (Å²) in [6, 6.07) is 12.0. The van der Waals surface area contributed by atoms with E-state index in [4.69, 9.17) is 0 Å². The minimum atomic E-state index is -0.279. The van der Waals surface area contributed by atoms with Crippen molar-refractivity contribution in [2.45, 2.75) is 46.3 Å². The van der Waals surface area contributed by atoms with Crippen LogP contribution in [0.25, 0.3) is 0 Å². The highest BCUT2D eigenvalue weighted by atomic mass is 19.1. The molecule has 2 aromatic carbocycles. The van der Waals surface area contributed by atoms with Crippen LogP contribution in [0.2, 0.25) is 0 Å². The molecule has 0 radical (unpaired) electrons. The molecule has 6 heteroatoms. The predicted molar refractivity (Wildman–Crippen MR) is 109 cm³/mol. The number of benzene rings is 2. The Balaban J connectivity index is 1.92. The molecule has 0 fully saturated rings. The summed E-state index contributed by atoms with van der Waals surface area (Å²) in [4.78, 5) is 26.0. The fraction of sp³-hybridized carbons (Fsp3) is 0.364. The third-order valence-corrected chi connectivity index (χ3v) is 4.63. The molecule has 0 unspecified atom stereocenters. The van der Waals surface area contributed by atoms with E-state index in [0.29, 0.717) is 24.2 Å². The van der Waals surface area contributed by atoms with Crippen LogP contribution in [0.4, 0.5) is 9.18 Å². The van der Waals surface area contributed by atoms with Crippen molar-refractivity contribution >= 4 is 11.9 Å². The zero-order valence-corrected chi connectivity index (χ0v) is 16.9. The van der Waals surface area contributed by atoms with Crippen molar-refractivity contribution in [1.29, 1.82) is 0 Å². The van der Waals surface area contributed by atoms with Crippen molar-refractivity contribution in [1.82, 2.24) is 15.5 Å². The van der Waals surface area contributed by atoms with Crippen molar-refractivity contribution in [3.63, 3.8) is 0 Å². The van der Waals surface area contributed by atoms with Crippen LogP contribution in [0.1, 0.15) is 47.3 Å². The summed E-state index contributed by atoms with van der Waals surface area (Å²) in [5.74, 6) is -0.403. The highest BCUT2D eigenvalue weighted by Gasteiger charge is 2.12. The minimum Gasteiger partial charge on any atom is -0.350 e. The third-order valence-electron chi connectivity index (χ3n) is 4.63. The second-order valence-corrected chi connectivity index (χ2v) is 7.08. The number of nitrogens with zero attached hydrogens (tertiary/aromatic N) is 1. The summed E-state index contributed by atoms with van der Waals surface area (Å²) in [6.45, 7) is 6.28. The van der Waals surface area contributed by atoms with Crippen LogP contribution in [0.15, 0.2) is 42.5 Å². The van der Waals surface area contributed by atoms with Crippen LogP contribution in [-0.2, 0) is 13.1 Å². The Hall–Kier alpha value is -2.89. The Bertz CT molecular complexity index is 838. The molecular weight excluding hydrogens is 357 g/mol. The van der Waals surface area contributed by atoms with Gasteiger partial charge in [-0.1, -0.05) is 31.2 Å². The molecule has 1 atom stereocenters. The maximum absolute atomic E-state index is 13.7. The number of carbonyl (C=O) groups excluding carboxylic acids is 2. The molecule has 0 bridgehead atoms. The molecule has 150 valence electrons. The van der Waals surface area contributed by atoms with Crippen molar-refractivity contribution in [3.8, 4) is 0 Å². The van der Waals surface area contributed by atoms with Crippen LogP contribution in [0, 0.1) is 12.7 Å². The monoisotopic (exact) mass is 385 g/mol. The van der Waals surface area contributed by atoms with Crippen LogP contribution < -0.4 is 10.6 Å². The molecule has 0 spiro atoms. The van der Waals surface area contributed by atoms with E-state index in [1.165, 1.54) is 11.0 Å². The Labute approximate surface area is 165 Å². The minimum absolute atomic E-state index is 0.108. The molecule has 0 saturated carbocycles. The van der Waals surface area contributed by atoms with Crippen molar-refractivity contribution < 1.29 is 14.0 Å². The van der Waals surface area contributed by atoms with E-state index >= 15 is 0 Å². The zero-order chi connectivity index (χ0) is 20.7. The standard InChI is InChI=1S/C22H28FN3O2/c1-5-16(3)25-21(27)19-8-6-7-17(11-19)13-24-22(28)26(4)14-18-10-9-15(2)20(23)12-18/h6-12,16H,5,13-14H2,1-4H3,(H,24,28)(H,25,27)/t16-/m0/s1. The predicted octanol–water partition coefficient (Wildman–Crippen LogP) is 4.00. The van der Waals surface area contributed by atoms with Gasteiger partial charge in [0.15, 0.2) is 0 Å². The molecule has 0 aromatic heterocycles. The maximum Gasteiger partial charge on any atom is 0.317 e. The molecule has 2 rings (SSSR count). The highest BCUT2D eigenvalue weighted by Crippen LogP contribution is 2.11. The molecular formula is C22H28FN3O2. The van der Waals surface area contributed by atoms with Crippen molar-refractivity contribution in [3.05, 3.63) is 70.5 Å². The normalized spacial score (nSPS) is 11.6. The van der Waals surface area contributed by atoms with Gasteiger partial charge in [0.2, 0.25) is 0 Å². The molecule has 2 aromatic rings. The van der Waals surface area contributed by atoms with Crippen LogP contribution in [0.5, 0.6) is 0 Å². The highest BCUT2D eigenvalue weighted by molar-refractivity contribution is 5.94. The second kappa shape index (κ2) is 9.88. The zero-order valence-electron chi connectivity index (χ0n) is 16.9. The smallest absolute Gasteiger partial charge is 0.317 e. The molecule has 0 heterocycles. The average Bonchev–Trinajstić information content (AvgIpc) is 2.68. The van der Waals surface area contributed by atoms with Gasteiger partial charge in [0.05, 0.1) is 0 Å². The van der Waals surface area contributed by atoms with Crippen molar-refractivity contribution in [2.24, 2.45) is 0 Å². The summed E-state index contributed by atoms with van der Waals surface area (Å²) in [7, 11) is 1.66. The SMILES string of the molecule is CC[C@H](C)NC(=O)c1cccc(CNC(=O)N(C)Cc2ccc(C)c(F)c2)c1. The number of urea groups is 1. The summed E-state index contributed by atoms with van der Waals surface area (Å²) < 4.78 is 13.7. The van der Waals surface area contributed by atoms with Crippen LogP contribution in [-0.4, -0.2) is 29.9 Å². The molecule has 0 saturated heterocycles. The van der Waals surface area contributed by atoms with Gasteiger partial charge in [0.1, 0.15) is 5.82 Å². The molecule has 5 nitrogen and oxygen atoms in total. The number of aryl methyl sites for hydroxylation is 1. The molecule has 0 aliphatic rings. The van der Waals surface area contributed by atoms with E-state index in [1.807, 2.05) is 26.0 Å². The molecule has 28 heavy (non-hydrogen) atoms. The number of hydrogen-bond donors (Lipinski definition) is 2. The lowest BCUT2D eigenvalue weighted by Gasteiger charge is -2.18. The first-order chi connectivity index (χ1) is 13.3. The lowest BCUT2D eigenvalue weighted by molar-refractivity contribution is 0.0939. The van der Waals surface area contributed by atoms with Gasteiger partial charge < -0.3 is 15.5 Å². The Morgan fingerprint density at radius 3 is 2.57 bits per heavy atom. The lowest BCUT2D eigenvalue weighted by Crippen LogP contribution is -2.36. The first kappa shape index (κ1) is 21.4. The van der Waals surface area contributed by atoms with Gasteiger partial charge >= 0.3 is 6.03 Å². The van der Waals surface area contributed by atoms with Crippen LogP contribution in [0.3, 0.4) is 0 Å². The van der Waals surface area contributed by atoms with Crippen molar-refractivity contribution in [2.75, 3.05) is 7.05 Å². The molecule has 0 aliphatic carbocycles. The van der Waals surface area contributed by atoms with Gasteiger partial charge in [-0.25, -0.2) is 9.18 Å². The van der Waals surface area contributed by atoms with Gasteiger partial charge in [-0.3, -0.25) is 4.79 Å². The number of nitrogens with one attached hydrogen (secondary N) is 2. The lowest BCUT2D eigenvalue weighted by atomic mass is 10.1. The fourth-order valence-corrected chi connectivity index (χ4v) is 2.62. The number of halogens is 1. The number of amides is 3. The summed E-state index contributed by atoms with van der Waals surface area (Å²) in [5, 5.41) is 5.75. The second-order valence-electron chi connectivity index (χ2n) is 7.08. The Kier molecular flexibility index (Phi) is 7.55. The van der Waals surface area contributed by atoms with E-state index in [1.54, 1.807) is 38.2 Å². The van der Waals surface area contributed by atoms with Gasteiger partial charge in [-0.2, -0.15) is 0 Å². The first-order valence-electron chi connectivity index (χ1n) is 9.44. The van der Waals surface area contributed by atoms with E-state index in [2.05, 4.69) is 10.6 Å². The largest absolute Gasteiger partial charge is 0.350 e. The fourth-order valence-electron chi connectivity index (χ4n) is 2.62. The quantitative estimate of drug-likeness (QED) is 0.757. The number of rotatable bonds is 7. The van der Waals surface area contributed by atoms with E-state index in [-0.39, 0.29) is 23.8 Å². The average molecular weight is 385 g/mol. The molecule has 2 N–H and O–H groups in total. The summed E-state index contributed by atoms with van der Waals surface area (Å²) in [5.41, 5.74) is 2.70. The first-order valence-corrected chi connectivity index (χ1v) is 9.44. The molecule has 0 aliphatic heterocycles. The Morgan fingerprint density at radius 1 is 1.14 bits per heavy atom. The van der Waals surface area contributed by atoms with Gasteiger partial charge in [0, 0.05) is 31.7 Å². The van der Waals surface area contributed by atoms with Gasteiger partial charge in [-0.15, -0.1) is 0 Å². The Morgan fingerprint density at radius 2 is 1.89 bits per heavy atom. The van der Waals surface area contributed by atoms with Crippen LogP contribution >= 0.6 is 0 Å². The van der Waals surface area contributed by atoms with E-state index in [0.717, 1.165) is 17.5 Å². The van der Waals surface area contributed by atoms with E-state index in [9.17, 15) is 14.0 Å². The maximum atomic E-state index is 13.7. The molecule has 3 amide bonds. The topological polar surface area (TPSA) is 61.4 Å². The summed E-state index contributed by atoms with van der Waals surface area (Å²) in [6.07, 6.45) is 0.860. The number of hydrogen-bond acceptors (Lipinski definition) is 2.